The monoisotopic (exact) mass is 186 g/mol. The van der Waals surface area contributed by atoms with Crippen molar-refractivity contribution >= 4 is 11.9 Å². The van der Waals surface area contributed by atoms with E-state index >= 15 is 0 Å². The lowest BCUT2D eigenvalue weighted by Crippen LogP contribution is -2.40. The summed E-state index contributed by atoms with van der Waals surface area (Å²) in [4.78, 5) is 22.9. The van der Waals surface area contributed by atoms with Crippen LogP contribution in [0.15, 0.2) is 0 Å². The number of carbonyl (C=O) groups is 2. The SMILES string of the molecule is NCC(=O)N(CC(=O)O)CC1CC1. The highest BCUT2D eigenvalue weighted by atomic mass is 16.4. The van der Waals surface area contributed by atoms with Crippen LogP contribution in [0.3, 0.4) is 0 Å². The Balaban J connectivity index is 2.41. The molecule has 5 heteroatoms. The van der Waals surface area contributed by atoms with Crippen molar-refractivity contribution in [2.45, 2.75) is 12.8 Å². The second-order valence-corrected chi connectivity index (χ2v) is 3.32. The van der Waals surface area contributed by atoms with Crippen molar-refractivity contribution in [3.63, 3.8) is 0 Å². The minimum atomic E-state index is -0.984. The van der Waals surface area contributed by atoms with Gasteiger partial charge in [-0.15, -0.1) is 0 Å². The fourth-order valence-corrected chi connectivity index (χ4v) is 1.16. The van der Waals surface area contributed by atoms with Gasteiger partial charge in [-0.2, -0.15) is 0 Å². The van der Waals surface area contributed by atoms with Crippen molar-refractivity contribution in [1.82, 2.24) is 4.90 Å². The number of nitrogens with two attached hydrogens (primary N) is 1. The van der Waals surface area contributed by atoms with Crippen LogP contribution in [-0.2, 0) is 9.59 Å². The second kappa shape index (κ2) is 4.23. The Bertz CT molecular complexity index is 213. The smallest absolute Gasteiger partial charge is 0.323 e. The Morgan fingerprint density at radius 1 is 1.46 bits per heavy atom. The van der Waals surface area contributed by atoms with Crippen LogP contribution in [0.4, 0.5) is 0 Å². The molecule has 74 valence electrons. The molecule has 0 aliphatic heterocycles. The van der Waals surface area contributed by atoms with E-state index in [1.165, 1.54) is 4.90 Å². The fraction of sp³-hybridized carbons (Fsp3) is 0.750. The number of nitrogens with zero attached hydrogens (tertiary/aromatic N) is 1. The predicted molar refractivity (Wildman–Crippen MR) is 46.0 cm³/mol. The van der Waals surface area contributed by atoms with E-state index < -0.39 is 5.97 Å². The van der Waals surface area contributed by atoms with Crippen LogP contribution >= 0.6 is 0 Å². The molecule has 0 heterocycles. The Kier molecular flexibility index (Phi) is 3.25. The molecule has 0 atom stereocenters. The van der Waals surface area contributed by atoms with Crippen LogP contribution in [0, 0.1) is 5.92 Å². The number of aliphatic carboxylic acids is 1. The Morgan fingerprint density at radius 3 is 2.46 bits per heavy atom. The number of carboxylic acid groups (broad SMARTS) is 1. The summed E-state index contributed by atoms with van der Waals surface area (Å²) in [7, 11) is 0. The zero-order valence-electron chi connectivity index (χ0n) is 7.40. The van der Waals surface area contributed by atoms with Crippen LogP contribution < -0.4 is 5.73 Å². The molecule has 0 saturated heterocycles. The van der Waals surface area contributed by atoms with E-state index in [9.17, 15) is 9.59 Å². The first-order valence-electron chi connectivity index (χ1n) is 4.33. The molecular formula is C8H14N2O3. The molecule has 0 unspecified atom stereocenters. The van der Waals surface area contributed by atoms with E-state index in [0.29, 0.717) is 12.5 Å². The van der Waals surface area contributed by atoms with Crippen LogP contribution in [0.5, 0.6) is 0 Å². The third kappa shape index (κ3) is 3.42. The van der Waals surface area contributed by atoms with Gasteiger partial charge in [0.2, 0.25) is 5.91 Å². The highest BCUT2D eigenvalue weighted by Crippen LogP contribution is 2.29. The molecule has 1 saturated carbocycles. The quantitative estimate of drug-likeness (QED) is 0.592. The number of hydrogen-bond donors (Lipinski definition) is 2. The van der Waals surface area contributed by atoms with E-state index in [1.807, 2.05) is 0 Å². The minimum Gasteiger partial charge on any atom is -0.480 e. The number of hydrogen-bond acceptors (Lipinski definition) is 3. The van der Waals surface area contributed by atoms with Gasteiger partial charge in [-0.3, -0.25) is 9.59 Å². The molecule has 1 aliphatic rings. The molecule has 0 spiro atoms. The molecule has 13 heavy (non-hydrogen) atoms. The Morgan fingerprint density at radius 2 is 2.08 bits per heavy atom. The van der Waals surface area contributed by atoms with Crippen LogP contribution in [0.2, 0.25) is 0 Å². The number of carbonyl (C=O) groups excluding carboxylic acids is 1. The first-order chi connectivity index (χ1) is 6.13. The zero-order valence-corrected chi connectivity index (χ0v) is 7.40. The fourth-order valence-electron chi connectivity index (χ4n) is 1.16. The van der Waals surface area contributed by atoms with Crippen LogP contribution in [0.25, 0.3) is 0 Å². The normalized spacial score (nSPS) is 15.5. The average Bonchev–Trinajstić information content (AvgIpc) is 2.85. The molecule has 0 aromatic heterocycles. The summed E-state index contributed by atoms with van der Waals surface area (Å²) in [6, 6.07) is 0. The van der Waals surface area contributed by atoms with Gasteiger partial charge in [0.05, 0.1) is 6.54 Å². The average molecular weight is 186 g/mol. The van der Waals surface area contributed by atoms with E-state index in [-0.39, 0.29) is 19.0 Å². The molecule has 0 bridgehead atoms. The first-order valence-corrected chi connectivity index (χ1v) is 4.33. The summed E-state index contributed by atoms with van der Waals surface area (Å²) < 4.78 is 0. The topological polar surface area (TPSA) is 83.6 Å². The van der Waals surface area contributed by atoms with Gasteiger partial charge in [0.1, 0.15) is 6.54 Å². The lowest BCUT2D eigenvalue weighted by Gasteiger charge is -2.19. The third-order valence-electron chi connectivity index (χ3n) is 2.03. The zero-order chi connectivity index (χ0) is 9.84. The first kappa shape index (κ1) is 9.98. The highest BCUT2D eigenvalue weighted by Gasteiger charge is 2.27. The van der Waals surface area contributed by atoms with Crippen molar-refractivity contribution in [3.05, 3.63) is 0 Å². The third-order valence-corrected chi connectivity index (χ3v) is 2.03. The van der Waals surface area contributed by atoms with Crippen LogP contribution in [-0.4, -0.2) is 41.5 Å². The molecule has 0 aromatic rings. The molecular weight excluding hydrogens is 172 g/mol. The van der Waals surface area contributed by atoms with Crippen molar-refractivity contribution in [1.29, 1.82) is 0 Å². The standard InChI is InChI=1S/C8H14N2O3/c9-3-7(11)10(5-8(12)13)4-6-1-2-6/h6H,1-5,9H2,(H,12,13). The maximum absolute atomic E-state index is 11.1. The second-order valence-electron chi connectivity index (χ2n) is 3.32. The highest BCUT2D eigenvalue weighted by molar-refractivity contribution is 5.82. The molecule has 1 amide bonds. The van der Waals surface area contributed by atoms with Gasteiger partial charge in [0.25, 0.3) is 0 Å². The molecule has 1 fully saturated rings. The van der Waals surface area contributed by atoms with Gasteiger partial charge >= 0.3 is 5.97 Å². The summed E-state index contributed by atoms with van der Waals surface area (Å²) in [5.74, 6) is -0.772. The van der Waals surface area contributed by atoms with Gasteiger partial charge in [0, 0.05) is 6.54 Å². The van der Waals surface area contributed by atoms with Crippen molar-refractivity contribution in [3.8, 4) is 0 Å². The predicted octanol–water partition coefficient (Wildman–Crippen LogP) is -0.732. The van der Waals surface area contributed by atoms with Crippen molar-refractivity contribution in [2.24, 2.45) is 11.7 Å². The lowest BCUT2D eigenvalue weighted by molar-refractivity contribution is -0.144. The van der Waals surface area contributed by atoms with Gasteiger partial charge in [-0.1, -0.05) is 0 Å². The Labute approximate surface area is 76.5 Å². The summed E-state index contributed by atoms with van der Waals surface area (Å²) in [5, 5.41) is 8.53. The van der Waals surface area contributed by atoms with Crippen molar-refractivity contribution in [2.75, 3.05) is 19.6 Å². The van der Waals surface area contributed by atoms with Crippen molar-refractivity contribution < 1.29 is 14.7 Å². The van der Waals surface area contributed by atoms with E-state index in [4.69, 9.17) is 10.8 Å². The molecule has 1 rings (SSSR count). The van der Waals surface area contributed by atoms with E-state index in [2.05, 4.69) is 0 Å². The largest absolute Gasteiger partial charge is 0.480 e. The van der Waals surface area contributed by atoms with Gasteiger partial charge in [-0.25, -0.2) is 0 Å². The maximum Gasteiger partial charge on any atom is 0.323 e. The van der Waals surface area contributed by atoms with Crippen LogP contribution in [0.1, 0.15) is 12.8 Å². The summed E-state index contributed by atoms with van der Waals surface area (Å²) in [5.41, 5.74) is 5.16. The number of amides is 1. The summed E-state index contributed by atoms with van der Waals surface area (Å²) >= 11 is 0. The summed E-state index contributed by atoms with van der Waals surface area (Å²) in [6.07, 6.45) is 2.18. The number of carboxylic acids is 1. The van der Waals surface area contributed by atoms with E-state index in [1.54, 1.807) is 0 Å². The van der Waals surface area contributed by atoms with Gasteiger partial charge in [0.15, 0.2) is 0 Å². The summed E-state index contributed by atoms with van der Waals surface area (Å²) in [6.45, 7) is 0.203. The maximum atomic E-state index is 11.1. The van der Waals surface area contributed by atoms with Gasteiger partial charge in [-0.05, 0) is 18.8 Å². The molecule has 0 aromatic carbocycles. The van der Waals surface area contributed by atoms with E-state index in [0.717, 1.165) is 12.8 Å². The van der Waals surface area contributed by atoms with Gasteiger partial charge < -0.3 is 15.7 Å². The Hall–Kier alpha value is -1.10. The molecule has 3 N–H and O–H groups in total. The number of rotatable bonds is 5. The molecule has 0 radical (unpaired) electrons. The molecule has 1 aliphatic carbocycles. The minimum absolute atomic E-state index is 0.111. The lowest BCUT2D eigenvalue weighted by atomic mass is 10.3. The molecule has 5 nitrogen and oxygen atoms in total.